The second-order valence-electron chi connectivity index (χ2n) is 7.12. The van der Waals surface area contributed by atoms with Gasteiger partial charge in [-0.1, -0.05) is 44.3 Å². The highest BCUT2D eigenvalue weighted by atomic mass is 16.4. The molecule has 0 unspecified atom stereocenters. The number of unbranched alkanes of at least 4 members (excludes halogenated alkanes) is 7. The van der Waals surface area contributed by atoms with Crippen LogP contribution in [0.4, 0.5) is 0 Å². The molecule has 0 amide bonds. The molecule has 25 heavy (non-hydrogen) atoms. The van der Waals surface area contributed by atoms with Crippen LogP contribution in [0.2, 0.25) is 0 Å². The van der Waals surface area contributed by atoms with E-state index in [1.165, 1.54) is 0 Å². The Balaban J connectivity index is 2.27. The third-order valence-electron chi connectivity index (χ3n) is 5.03. The minimum Gasteiger partial charge on any atom is -0.481 e. The van der Waals surface area contributed by atoms with E-state index in [9.17, 15) is 14.7 Å². The summed E-state index contributed by atoms with van der Waals surface area (Å²) >= 11 is 0. The van der Waals surface area contributed by atoms with Crippen molar-refractivity contribution in [2.45, 2.75) is 83.2 Å². The van der Waals surface area contributed by atoms with E-state index in [0.29, 0.717) is 6.42 Å². The molecular formula is C20H34O5. The summed E-state index contributed by atoms with van der Waals surface area (Å²) in [6.45, 7) is 0.254. The van der Waals surface area contributed by atoms with Crippen molar-refractivity contribution in [2.24, 2.45) is 11.8 Å². The summed E-state index contributed by atoms with van der Waals surface area (Å²) in [6, 6.07) is 0. The molecule has 5 heteroatoms. The maximum atomic E-state index is 12.1. The fourth-order valence-electron chi connectivity index (χ4n) is 3.57. The van der Waals surface area contributed by atoms with Crippen molar-refractivity contribution in [3.8, 4) is 0 Å². The number of aliphatic hydroxyl groups excluding tert-OH is 2. The van der Waals surface area contributed by atoms with Gasteiger partial charge in [0.2, 0.25) is 0 Å². The van der Waals surface area contributed by atoms with Gasteiger partial charge in [0, 0.05) is 31.3 Å². The Morgan fingerprint density at radius 1 is 1.04 bits per heavy atom. The third-order valence-corrected chi connectivity index (χ3v) is 5.03. The number of allylic oxidation sites excluding steroid dienone is 1. The van der Waals surface area contributed by atoms with Crippen molar-refractivity contribution < 1.29 is 24.9 Å². The van der Waals surface area contributed by atoms with Gasteiger partial charge in [-0.15, -0.1) is 0 Å². The zero-order valence-corrected chi connectivity index (χ0v) is 15.2. The molecule has 1 rings (SSSR count). The number of hydrogen-bond acceptors (Lipinski definition) is 4. The van der Waals surface area contributed by atoms with Crippen LogP contribution in [0.1, 0.15) is 77.0 Å². The average molecular weight is 354 g/mol. The summed E-state index contributed by atoms with van der Waals surface area (Å²) in [6.07, 6.45) is 13.2. The largest absolute Gasteiger partial charge is 0.481 e. The van der Waals surface area contributed by atoms with Gasteiger partial charge in [0.1, 0.15) is 5.78 Å². The molecule has 1 saturated carbocycles. The maximum absolute atomic E-state index is 12.1. The molecule has 0 heterocycles. The van der Waals surface area contributed by atoms with Gasteiger partial charge in [0.25, 0.3) is 0 Å². The molecule has 0 aliphatic heterocycles. The first-order valence-corrected chi connectivity index (χ1v) is 9.76. The molecular weight excluding hydrogens is 320 g/mol. The van der Waals surface area contributed by atoms with E-state index in [1.807, 2.05) is 6.08 Å². The summed E-state index contributed by atoms with van der Waals surface area (Å²) < 4.78 is 0. The van der Waals surface area contributed by atoms with Crippen molar-refractivity contribution >= 4 is 11.8 Å². The highest BCUT2D eigenvalue weighted by molar-refractivity contribution is 5.84. The first-order chi connectivity index (χ1) is 12.1. The first kappa shape index (κ1) is 21.8. The summed E-state index contributed by atoms with van der Waals surface area (Å²) in [5, 5.41) is 27.5. The zero-order valence-electron chi connectivity index (χ0n) is 15.2. The molecule has 1 fully saturated rings. The molecule has 3 N–H and O–H groups in total. The van der Waals surface area contributed by atoms with Crippen molar-refractivity contribution in [1.82, 2.24) is 0 Å². The molecule has 0 bridgehead atoms. The van der Waals surface area contributed by atoms with Crippen LogP contribution in [0.5, 0.6) is 0 Å². The van der Waals surface area contributed by atoms with Crippen molar-refractivity contribution in [3.05, 3.63) is 12.2 Å². The maximum Gasteiger partial charge on any atom is 0.303 e. The lowest BCUT2D eigenvalue weighted by atomic mass is 9.88. The Hall–Kier alpha value is -1.20. The number of aliphatic carboxylic acids is 1. The van der Waals surface area contributed by atoms with Gasteiger partial charge >= 0.3 is 5.97 Å². The van der Waals surface area contributed by atoms with E-state index in [2.05, 4.69) is 6.08 Å². The smallest absolute Gasteiger partial charge is 0.303 e. The topological polar surface area (TPSA) is 94.8 Å². The number of aliphatic hydroxyl groups is 2. The predicted molar refractivity (Wildman–Crippen MR) is 97.3 cm³/mol. The molecule has 3 atom stereocenters. The van der Waals surface area contributed by atoms with E-state index in [1.54, 1.807) is 0 Å². The third kappa shape index (κ3) is 9.17. The van der Waals surface area contributed by atoms with Crippen LogP contribution in [0, 0.1) is 11.8 Å². The predicted octanol–water partition coefficient (Wildman–Crippen LogP) is 3.48. The second-order valence-corrected chi connectivity index (χ2v) is 7.12. The van der Waals surface area contributed by atoms with E-state index in [0.717, 1.165) is 57.8 Å². The van der Waals surface area contributed by atoms with E-state index >= 15 is 0 Å². The Bertz CT molecular complexity index is 418. The van der Waals surface area contributed by atoms with Crippen LogP contribution in [0.25, 0.3) is 0 Å². The summed E-state index contributed by atoms with van der Waals surface area (Å²) in [5.74, 6) is -0.740. The van der Waals surface area contributed by atoms with Gasteiger partial charge < -0.3 is 15.3 Å². The summed E-state index contributed by atoms with van der Waals surface area (Å²) in [4.78, 5) is 22.6. The number of carboxylic acid groups (broad SMARTS) is 1. The Labute approximate surface area is 151 Å². The van der Waals surface area contributed by atoms with Crippen LogP contribution in [-0.4, -0.2) is 39.8 Å². The quantitative estimate of drug-likeness (QED) is 0.328. The summed E-state index contributed by atoms with van der Waals surface area (Å²) in [7, 11) is 0. The highest BCUT2D eigenvalue weighted by Gasteiger charge is 2.39. The fourth-order valence-corrected chi connectivity index (χ4v) is 3.57. The molecule has 1 aliphatic rings. The molecule has 0 aromatic rings. The SMILES string of the molecule is O=C(O)CCCCCC[C@H]1C(=O)C[C@@H](O)[C@H]1C=CCCCCCCO. The number of ketones is 1. The van der Waals surface area contributed by atoms with Gasteiger partial charge in [-0.2, -0.15) is 0 Å². The number of carbonyl (C=O) groups is 2. The van der Waals surface area contributed by atoms with Gasteiger partial charge in [-0.25, -0.2) is 0 Å². The van der Waals surface area contributed by atoms with Crippen molar-refractivity contribution in [2.75, 3.05) is 6.61 Å². The molecule has 0 radical (unpaired) electrons. The fraction of sp³-hybridized carbons (Fsp3) is 0.800. The highest BCUT2D eigenvalue weighted by Crippen LogP contribution is 2.34. The van der Waals surface area contributed by atoms with Crippen LogP contribution >= 0.6 is 0 Å². The lowest BCUT2D eigenvalue weighted by Crippen LogP contribution is -2.18. The number of carbonyl (C=O) groups excluding carboxylic acids is 1. The Morgan fingerprint density at radius 3 is 2.44 bits per heavy atom. The van der Waals surface area contributed by atoms with Crippen LogP contribution in [-0.2, 0) is 9.59 Å². The number of carboxylic acids is 1. The molecule has 5 nitrogen and oxygen atoms in total. The monoisotopic (exact) mass is 354 g/mol. The molecule has 144 valence electrons. The molecule has 0 aromatic heterocycles. The van der Waals surface area contributed by atoms with Gasteiger partial charge in [0.05, 0.1) is 6.10 Å². The van der Waals surface area contributed by atoms with E-state index in [4.69, 9.17) is 10.2 Å². The van der Waals surface area contributed by atoms with Crippen LogP contribution < -0.4 is 0 Å². The molecule has 0 spiro atoms. The lowest BCUT2D eigenvalue weighted by Gasteiger charge is -2.17. The van der Waals surface area contributed by atoms with Gasteiger partial charge in [-0.3, -0.25) is 9.59 Å². The lowest BCUT2D eigenvalue weighted by molar-refractivity contribution is -0.137. The number of hydrogen-bond donors (Lipinski definition) is 3. The van der Waals surface area contributed by atoms with Crippen LogP contribution in [0.15, 0.2) is 12.2 Å². The number of rotatable bonds is 14. The number of Topliss-reactive ketones (excluding diaryl/α,β-unsaturated/α-hetero) is 1. The molecule has 0 aromatic carbocycles. The minimum absolute atomic E-state index is 0.0658. The minimum atomic E-state index is -0.754. The molecule has 0 saturated heterocycles. The van der Waals surface area contributed by atoms with Crippen LogP contribution in [0.3, 0.4) is 0 Å². The van der Waals surface area contributed by atoms with E-state index in [-0.39, 0.29) is 37.1 Å². The first-order valence-electron chi connectivity index (χ1n) is 9.76. The normalized spacial score (nSPS) is 23.6. The van der Waals surface area contributed by atoms with Crippen molar-refractivity contribution in [1.29, 1.82) is 0 Å². The average Bonchev–Trinajstić information content (AvgIpc) is 2.83. The van der Waals surface area contributed by atoms with Gasteiger partial charge in [-0.05, 0) is 32.1 Å². The van der Waals surface area contributed by atoms with Gasteiger partial charge in [0.15, 0.2) is 0 Å². The Morgan fingerprint density at radius 2 is 1.72 bits per heavy atom. The zero-order chi connectivity index (χ0) is 18.5. The van der Waals surface area contributed by atoms with E-state index < -0.39 is 12.1 Å². The second kappa shape index (κ2) is 13.1. The standard InChI is InChI=1S/C20H34O5/c21-14-10-6-2-1-3-7-11-16-17(19(23)15-18(16)22)12-8-4-5-9-13-20(24)25/h7,11,16-18,21-22H,1-6,8-10,12-15H2,(H,24,25)/t16-,17+,18+/m0/s1. The summed E-state index contributed by atoms with van der Waals surface area (Å²) in [5.41, 5.74) is 0. The Kier molecular flexibility index (Phi) is 11.4. The molecule has 1 aliphatic carbocycles. The van der Waals surface area contributed by atoms with Crippen molar-refractivity contribution in [3.63, 3.8) is 0 Å².